The number of hydrogen-bond acceptors (Lipinski definition) is 5. The Morgan fingerprint density at radius 3 is 3.00 bits per heavy atom. The highest BCUT2D eigenvalue weighted by atomic mass is 15.2. The molecule has 0 aromatic carbocycles. The van der Waals surface area contributed by atoms with Gasteiger partial charge in [-0.05, 0) is 63.3 Å². The minimum atomic E-state index is -0.415. The van der Waals surface area contributed by atoms with Crippen LogP contribution in [0.15, 0.2) is 63.9 Å². The van der Waals surface area contributed by atoms with Crippen LogP contribution in [0.3, 0.4) is 0 Å². The van der Waals surface area contributed by atoms with Crippen LogP contribution >= 0.6 is 0 Å². The third-order valence-corrected chi connectivity index (χ3v) is 5.43. The maximum atomic E-state index is 6.21. The molecule has 1 aliphatic heterocycles. The zero-order chi connectivity index (χ0) is 19.3. The molecule has 0 bridgehead atoms. The van der Waals surface area contributed by atoms with Crippen LogP contribution in [0.5, 0.6) is 0 Å². The Hall–Kier alpha value is -1.95. The van der Waals surface area contributed by atoms with Gasteiger partial charge in [-0.1, -0.05) is 36.5 Å². The number of nitrogens with zero attached hydrogens (tertiary/aromatic N) is 1. The lowest BCUT2D eigenvalue weighted by Crippen LogP contribution is -2.54. The van der Waals surface area contributed by atoms with E-state index < -0.39 is 5.66 Å². The quantitative estimate of drug-likeness (QED) is 0.558. The van der Waals surface area contributed by atoms with Crippen LogP contribution in [0, 0.1) is 0 Å². The Kier molecular flexibility index (Phi) is 6.47. The largest absolute Gasteiger partial charge is 0.346 e. The highest BCUT2D eigenvalue weighted by molar-refractivity contribution is 5.66. The van der Waals surface area contributed by atoms with Crippen LogP contribution in [0.2, 0.25) is 0 Å². The molecule has 0 fully saturated rings. The van der Waals surface area contributed by atoms with Gasteiger partial charge in [0, 0.05) is 24.3 Å². The second-order valence-corrected chi connectivity index (χ2v) is 7.73. The maximum Gasteiger partial charge on any atom is 0.133 e. The second-order valence-electron chi connectivity index (χ2n) is 7.73. The van der Waals surface area contributed by atoms with Crippen molar-refractivity contribution >= 4 is 6.34 Å². The lowest BCUT2D eigenvalue weighted by Gasteiger charge is -2.40. The monoisotopic (exact) mass is 367 g/mol. The van der Waals surface area contributed by atoms with Crippen molar-refractivity contribution in [3.63, 3.8) is 0 Å². The van der Waals surface area contributed by atoms with Crippen molar-refractivity contribution < 1.29 is 0 Å². The summed E-state index contributed by atoms with van der Waals surface area (Å²) in [5, 5.41) is 10.5. The van der Waals surface area contributed by atoms with Crippen molar-refractivity contribution in [3.8, 4) is 0 Å². The number of nitrogens with two attached hydrogens (primary N) is 1. The van der Waals surface area contributed by atoms with Crippen molar-refractivity contribution in [2.24, 2.45) is 10.7 Å². The number of nitrogens with one attached hydrogen (secondary N) is 3. The molecular formula is C22H33N5. The fourth-order valence-electron chi connectivity index (χ4n) is 4.13. The average molecular weight is 368 g/mol. The lowest BCUT2D eigenvalue weighted by atomic mass is 9.84. The molecule has 1 heterocycles. The van der Waals surface area contributed by atoms with Crippen LogP contribution in [0.4, 0.5) is 0 Å². The topological polar surface area (TPSA) is 74.5 Å². The van der Waals surface area contributed by atoms with Gasteiger partial charge in [0.25, 0.3) is 0 Å². The van der Waals surface area contributed by atoms with E-state index in [1.165, 1.54) is 16.7 Å². The third-order valence-electron chi connectivity index (χ3n) is 5.43. The molecule has 3 rings (SSSR count). The SMILES string of the molecule is CNCC(CC1=CC=CCC=C1)NC1(C)N=CNC2=C1CCC=C2C(C)N. The second kappa shape index (κ2) is 8.83. The third kappa shape index (κ3) is 4.67. The fraction of sp³-hybridized carbons (Fsp3) is 0.500. The van der Waals surface area contributed by atoms with E-state index in [0.717, 1.165) is 37.9 Å². The Morgan fingerprint density at radius 2 is 2.22 bits per heavy atom. The Labute approximate surface area is 163 Å². The van der Waals surface area contributed by atoms with E-state index >= 15 is 0 Å². The van der Waals surface area contributed by atoms with Gasteiger partial charge >= 0.3 is 0 Å². The van der Waals surface area contributed by atoms with Crippen molar-refractivity contribution in [3.05, 3.63) is 58.9 Å². The Balaban J connectivity index is 1.83. The first-order valence-electron chi connectivity index (χ1n) is 9.98. The molecule has 0 saturated carbocycles. The molecule has 5 N–H and O–H groups in total. The van der Waals surface area contributed by atoms with Gasteiger partial charge in [-0.2, -0.15) is 0 Å². The maximum absolute atomic E-state index is 6.21. The van der Waals surface area contributed by atoms with E-state index in [0.29, 0.717) is 0 Å². The first kappa shape index (κ1) is 19.8. The zero-order valence-corrected chi connectivity index (χ0v) is 16.8. The van der Waals surface area contributed by atoms with E-state index in [2.05, 4.69) is 59.3 Å². The van der Waals surface area contributed by atoms with Crippen molar-refractivity contribution in [1.29, 1.82) is 0 Å². The van der Waals surface area contributed by atoms with Crippen molar-refractivity contribution in [2.45, 2.75) is 57.3 Å². The number of aliphatic imine (C=N–C) groups is 1. The average Bonchev–Trinajstić information content (AvgIpc) is 2.90. The molecule has 0 amide bonds. The Morgan fingerprint density at radius 1 is 1.37 bits per heavy atom. The summed E-state index contributed by atoms with van der Waals surface area (Å²) >= 11 is 0. The fourth-order valence-corrected chi connectivity index (χ4v) is 4.13. The first-order chi connectivity index (χ1) is 13.0. The van der Waals surface area contributed by atoms with E-state index in [4.69, 9.17) is 10.7 Å². The van der Waals surface area contributed by atoms with Gasteiger partial charge in [0.15, 0.2) is 0 Å². The predicted octanol–water partition coefficient (Wildman–Crippen LogP) is 2.67. The smallest absolute Gasteiger partial charge is 0.133 e. The molecule has 5 nitrogen and oxygen atoms in total. The lowest BCUT2D eigenvalue weighted by molar-refractivity contribution is 0.341. The highest BCUT2D eigenvalue weighted by Gasteiger charge is 2.36. The van der Waals surface area contributed by atoms with Crippen LogP contribution in [0.1, 0.15) is 39.5 Å². The molecule has 3 unspecified atom stereocenters. The molecular weight excluding hydrogens is 334 g/mol. The van der Waals surface area contributed by atoms with Crippen molar-refractivity contribution in [2.75, 3.05) is 13.6 Å². The summed E-state index contributed by atoms with van der Waals surface area (Å²) in [6.07, 6.45) is 19.0. The number of allylic oxidation sites excluding steroid dienone is 6. The summed E-state index contributed by atoms with van der Waals surface area (Å²) in [7, 11) is 2.00. The minimum Gasteiger partial charge on any atom is -0.346 e. The Bertz CT molecular complexity index is 723. The molecule has 146 valence electrons. The highest BCUT2D eigenvalue weighted by Crippen LogP contribution is 2.35. The molecule has 3 atom stereocenters. The van der Waals surface area contributed by atoms with E-state index in [1.807, 2.05) is 20.3 Å². The zero-order valence-electron chi connectivity index (χ0n) is 16.8. The number of hydrogen-bond donors (Lipinski definition) is 4. The molecule has 0 aromatic heterocycles. The van der Waals surface area contributed by atoms with E-state index in [-0.39, 0.29) is 12.1 Å². The van der Waals surface area contributed by atoms with Crippen LogP contribution < -0.4 is 21.7 Å². The molecule has 5 heteroatoms. The van der Waals surface area contributed by atoms with E-state index in [1.54, 1.807) is 0 Å². The molecule has 0 radical (unpaired) electrons. The van der Waals surface area contributed by atoms with Gasteiger partial charge < -0.3 is 16.4 Å². The number of rotatable bonds is 7. The van der Waals surface area contributed by atoms with Crippen LogP contribution in [-0.2, 0) is 0 Å². The number of likely N-dealkylation sites (N-methyl/N-ethyl adjacent to an activating group) is 1. The summed E-state index contributed by atoms with van der Waals surface area (Å²) in [5.41, 5.74) is 10.8. The van der Waals surface area contributed by atoms with Crippen LogP contribution in [0.25, 0.3) is 0 Å². The normalized spacial score (nSPS) is 26.7. The molecule has 3 aliphatic rings. The molecule has 27 heavy (non-hydrogen) atoms. The van der Waals surface area contributed by atoms with Gasteiger partial charge in [-0.3, -0.25) is 5.32 Å². The molecule has 0 aromatic rings. The van der Waals surface area contributed by atoms with Crippen LogP contribution in [-0.4, -0.2) is 37.7 Å². The standard InChI is InChI=1S/C22H33N5/c1-16(23)19-11-8-12-20-21(19)25-15-26-22(20,2)27-18(14-24-3)13-17-9-6-4-5-7-10-17/h4,6-7,9-11,15-16,18,24,27H,5,8,12-14,23H2,1-3H3,(H,25,26). The van der Waals surface area contributed by atoms with Gasteiger partial charge in [-0.15, -0.1) is 0 Å². The molecule has 2 aliphatic carbocycles. The predicted molar refractivity (Wildman–Crippen MR) is 114 cm³/mol. The summed E-state index contributed by atoms with van der Waals surface area (Å²) in [6.45, 7) is 5.11. The van der Waals surface area contributed by atoms with Gasteiger partial charge in [0.05, 0.1) is 6.34 Å². The summed E-state index contributed by atoms with van der Waals surface area (Å²) in [6, 6.07) is 0.288. The molecule has 0 spiro atoms. The van der Waals surface area contributed by atoms with Gasteiger partial charge in [0.2, 0.25) is 0 Å². The summed E-state index contributed by atoms with van der Waals surface area (Å²) < 4.78 is 0. The minimum absolute atomic E-state index is 0.0136. The first-order valence-corrected chi connectivity index (χ1v) is 9.98. The summed E-state index contributed by atoms with van der Waals surface area (Å²) in [5.74, 6) is 0. The molecule has 0 saturated heterocycles. The van der Waals surface area contributed by atoms with Crippen molar-refractivity contribution in [1.82, 2.24) is 16.0 Å². The summed E-state index contributed by atoms with van der Waals surface area (Å²) in [4.78, 5) is 4.82. The van der Waals surface area contributed by atoms with Gasteiger partial charge in [0.1, 0.15) is 5.66 Å². The van der Waals surface area contributed by atoms with Gasteiger partial charge in [-0.25, -0.2) is 4.99 Å². The van der Waals surface area contributed by atoms with E-state index in [9.17, 15) is 0 Å².